The molecule has 0 aromatic heterocycles. The number of carboxylic acid groups (broad SMARTS) is 1. The maximum atomic E-state index is 12.5. The van der Waals surface area contributed by atoms with Gasteiger partial charge >= 0.3 is 11.9 Å². The standard InChI is InChI=1S/C24H36O6/c1-5-16(3)23(29)30-20-12-15(2)11-17-7-6-9-24(4,22(17)20)10-8-18(25)13-19(26)14-21(27)28/h6-7,11,15-16,19-20,22,26H,5,8-10,12-14H2,1-4H3,(H,27,28)/t15?,16-,19+,20?,22+,24?/m0/s1. The molecule has 0 saturated heterocycles. The lowest BCUT2D eigenvalue weighted by molar-refractivity contribution is -0.160. The number of hydrogen-bond acceptors (Lipinski definition) is 5. The Hall–Kier alpha value is -1.95. The summed E-state index contributed by atoms with van der Waals surface area (Å²) in [5.41, 5.74) is 0.928. The molecule has 2 aliphatic carbocycles. The van der Waals surface area contributed by atoms with Gasteiger partial charge in [-0.2, -0.15) is 0 Å². The molecule has 0 heterocycles. The van der Waals surface area contributed by atoms with Crippen molar-refractivity contribution < 1.29 is 29.3 Å². The minimum absolute atomic E-state index is 0.0310. The topological polar surface area (TPSA) is 101 Å². The lowest BCUT2D eigenvalue weighted by atomic mass is 9.60. The fourth-order valence-corrected chi connectivity index (χ4v) is 4.69. The zero-order valence-corrected chi connectivity index (χ0v) is 18.6. The summed E-state index contributed by atoms with van der Waals surface area (Å²) in [5.74, 6) is -1.22. The van der Waals surface area contributed by atoms with E-state index in [9.17, 15) is 19.5 Å². The number of carboxylic acids is 1. The average Bonchev–Trinajstić information content (AvgIpc) is 2.64. The van der Waals surface area contributed by atoms with Crippen LogP contribution in [0.2, 0.25) is 0 Å². The number of carbonyl (C=O) groups excluding carboxylic acids is 2. The molecule has 0 aromatic rings. The lowest BCUT2D eigenvalue weighted by Gasteiger charge is -2.47. The number of aliphatic hydroxyl groups excluding tert-OH is 1. The highest BCUT2D eigenvalue weighted by Gasteiger charge is 2.46. The van der Waals surface area contributed by atoms with Crippen LogP contribution in [-0.2, 0) is 19.1 Å². The molecule has 0 radical (unpaired) electrons. The molecular weight excluding hydrogens is 384 g/mol. The molecule has 6 nitrogen and oxygen atoms in total. The van der Waals surface area contributed by atoms with E-state index < -0.39 is 18.5 Å². The monoisotopic (exact) mass is 420 g/mol. The SMILES string of the molecule is CC[C@H](C)C(=O)OC1CC(C)C=C2C=CCC(C)(CCC(=O)C[C@@H](O)CC(=O)O)[C@H]21. The van der Waals surface area contributed by atoms with Gasteiger partial charge in [0.15, 0.2) is 0 Å². The second kappa shape index (κ2) is 10.4. The molecule has 30 heavy (non-hydrogen) atoms. The summed E-state index contributed by atoms with van der Waals surface area (Å²) in [6.45, 7) is 8.11. The van der Waals surface area contributed by atoms with Gasteiger partial charge in [0.25, 0.3) is 0 Å². The lowest BCUT2D eigenvalue weighted by Crippen LogP contribution is -2.44. The number of Topliss-reactive ketones (excluding diaryl/α,β-unsaturated/α-hetero) is 1. The third-order valence-electron chi connectivity index (χ3n) is 6.59. The first kappa shape index (κ1) is 24.3. The van der Waals surface area contributed by atoms with Gasteiger partial charge in [-0.1, -0.05) is 45.9 Å². The zero-order valence-electron chi connectivity index (χ0n) is 18.6. The van der Waals surface area contributed by atoms with Gasteiger partial charge in [-0.05, 0) is 42.6 Å². The van der Waals surface area contributed by atoms with E-state index in [2.05, 4.69) is 32.1 Å². The van der Waals surface area contributed by atoms with E-state index in [0.717, 1.165) is 19.3 Å². The number of aliphatic hydroxyl groups is 1. The van der Waals surface area contributed by atoms with E-state index in [1.807, 2.05) is 13.8 Å². The number of carbonyl (C=O) groups is 3. The van der Waals surface area contributed by atoms with Crippen LogP contribution in [0.1, 0.15) is 72.6 Å². The van der Waals surface area contributed by atoms with Crippen LogP contribution in [-0.4, -0.2) is 40.1 Å². The first-order valence-electron chi connectivity index (χ1n) is 11.1. The first-order valence-corrected chi connectivity index (χ1v) is 11.1. The Morgan fingerprint density at radius 2 is 2.00 bits per heavy atom. The van der Waals surface area contributed by atoms with Crippen LogP contribution < -0.4 is 0 Å². The molecule has 0 aromatic carbocycles. The fraction of sp³-hybridized carbons (Fsp3) is 0.708. The quantitative estimate of drug-likeness (QED) is 0.517. The number of ketones is 1. The molecule has 0 spiro atoms. The molecule has 0 aliphatic heterocycles. The maximum absolute atomic E-state index is 12.5. The summed E-state index contributed by atoms with van der Waals surface area (Å²) in [4.78, 5) is 35.6. The van der Waals surface area contributed by atoms with Crippen molar-refractivity contribution in [2.45, 2.75) is 84.8 Å². The van der Waals surface area contributed by atoms with Gasteiger partial charge in [0.1, 0.15) is 11.9 Å². The van der Waals surface area contributed by atoms with Crippen molar-refractivity contribution in [3.63, 3.8) is 0 Å². The summed E-state index contributed by atoms with van der Waals surface area (Å²) in [5, 5.41) is 18.5. The van der Waals surface area contributed by atoms with Crippen molar-refractivity contribution >= 4 is 17.7 Å². The Bertz CT molecular complexity index is 708. The van der Waals surface area contributed by atoms with Crippen LogP contribution in [0.3, 0.4) is 0 Å². The summed E-state index contributed by atoms with van der Waals surface area (Å²) >= 11 is 0. The molecule has 0 amide bonds. The Labute approximate surface area is 179 Å². The van der Waals surface area contributed by atoms with Gasteiger partial charge < -0.3 is 14.9 Å². The van der Waals surface area contributed by atoms with Gasteiger partial charge in [0, 0.05) is 18.8 Å². The van der Waals surface area contributed by atoms with Crippen LogP contribution >= 0.6 is 0 Å². The highest BCUT2D eigenvalue weighted by molar-refractivity contribution is 5.79. The largest absolute Gasteiger partial charge is 0.481 e. The molecule has 3 unspecified atom stereocenters. The van der Waals surface area contributed by atoms with E-state index in [0.29, 0.717) is 12.3 Å². The summed E-state index contributed by atoms with van der Waals surface area (Å²) in [6, 6.07) is 0. The highest BCUT2D eigenvalue weighted by atomic mass is 16.5. The second-order valence-corrected chi connectivity index (χ2v) is 9.40. The Kier molecular flexibility index (Phi) is 8.42. The molecule has 6 atom stereocenters. The van der Waals surface area contributed by atoms with E-state index >= 15 is 0 Å². The second-order valence-electron chi connectivity index (χ2n) is 9.40. The van der Waals surface area contributed by atoms with Gasteiger partial charge in [-0.25, -0.2) is 0 Å². The number of esters is 1. The van der Waals surface area contributed by atoms with Crippen LogP contribution in [0.15, 0.2) is 23.8 Å². The summed E-state index contributed by atoms with van der Waals surface area (Å²) in [7, 11) is 0. The molecule has 0 bridgehead atoms. The fourth-order valence-electron chi connectivity index (χ4n) is 4.69. The predicted molar refractivity (Wildman–Crippen MR) is 114 cm³/mol. The van der Waals surface area contributed by atoms with Crippen molar-refractivity contribution in [3.05, 3.63) is 23.8 Å². The maximum Gasteiger partial charge on any atom is 0.308 e. The number of allylic oxidation sites excluding steroid dienone is 3. The van der Waals surface area contributed by atoms with Crippen LogP contribution in [0.25, 0.3) is 0 Å². The summed E-state index contributed by atoms with van der Waals surface area (Å²) in [6.07, 6.45) is 7.70. The Morgan fingerprint density at radius 1 is 1.30 bits per heavy atom. The van der Waals surface area contributed by atoms with Gasteiger partial charge in [-0.3, -0.25) is 14.4 Å². The number of fused-ring (bicyclic) bond motifs is 1. The Morgan fingerprint density at radius 3 is 2.63 bits per heavy atom. The molecule has 6 heteroatoms. The third kappa shape index (κ3) is 6.27. The van der Waals surface area contributed by atoms with E-state index in [-0.39, 0.29) is 47.9 Å². The van der Waals surface area contributed by atoms with Crippen molar-refractivity contribution in [3.8, 4) is 0 Å². The zero-order chi connectivity index (χ0) is 22.5. The predicted octanol–water partition coefficient (Wildman–Crippen LogP) is 4.07. The summed E-state index contributed by atoms with van der Waals surface area (Å²) < 4.78 is 5.99. The van der Waals surface area contributed by atoms with Crippen molar-refractivity contribution in [1.82, 2.24) is 0 Å². The average molecular weight is 421 g/mol. The molecule has 0 fully saturated rings. The molecule has 168 valence electrons. The van der Waals surface area contributed by atoms with Crippen LogP contribution in [0, 0.1) is 23.2 Å². The first-order chi connectivity index (χ1) is 14.1. The van der Waals surface area contributed by atoms with E-state index in [1.54, 1.807) is 0 Å². The molecule has 0 saturated carbocycles. The number of aliphatic carboxylic acids is 1. The normalized spacial score (nSPS) is 30.0. The van der Waals surface area contributed by atoms with Gasteiger partial charge in [0.05, 0.1) is 18.4 Å². The van der Waals surface area contributed by atoms with Gasteiger partial charge in [-0.15, -0.1) is 0 Å². The van der Waals surface area contributed by atoms with Gasteiger partial charge in [0.2, 0.25) is 0 Å². The smallest absolute Gasteiger partial charge is 0.308 e. The van der Waals surface area contributed by atoms with Crippen molar-refractivity contribution in [1.29, 1.82) is 0 Å². The molecule has 2 N–H and O–H groups in total. The number of hydrogen-bond donors (Lipinski definition) is 2. The van der Waals surface area contributed by atoms with Crippen LogP contribution in [0.4, 0.5) is 0 Å². The van der Waals surface area contributed by atoms with E-state index in [4.69, 9.17) is 9.84 Å². The van der Waals surface area contributed by atoms with Crippen LogP contribution in [0.5, 0.6) is 0 Å². The van der Waals surface area contributed by atoms with Crippen molar-refractivity contribution in [2.75, 3.05) is 0 Å². The minimum atomic E-state index is -1.15. The minimum Gasteiger partial charge on any atom is -0.481 e. The molecular formula is C24H36O6. The number of ether oxygens (including phenoxy) is 1. The number of rotatable bonds is 10. The molecule has 2 rings (SSSR count). The third-order valence-corrected chi connectivity index (χ3v) is 6.59. The Balaban J connectivity index is 2.12. The molecule has 2 aliphatic rings. The van der Waals surface area contributed by atoms with E-state index in [1.165, 1.54) is 5.57 Å². The highest BCUT2D eigenvalue weighted by Crippen LogP contribution is 2.50. The van der Waals surface area contributed by atoms with Crippen molar-refractivity contribution in [2.24, 2.45) is 23.2 Å².